The predicted octanol–water partition coefficient (Wildman–Crippen LogP) is 12.8. The van der Waals surface area contributed by atoms with Gasteiger partial charge < -0.3 is 18.9 Å². The molecular formula is C45H85NO7P+. The van der Waals surface area contributed by atoms with E-state index in [-0.39, 0.29) is 25.8 Å². The molecule has 54 heavy (non-hydrogen) atoms. The highest BCUT2D eigenvalue weighted by atomic mass is 31.2. The van der Waals surface area contributed by atoms with Crippen molar-refractivity contribution in [1.82, 2.24) is 0 Å². The van der Waals surface area contributed by atoms with Gasteiger partial charge in [-0.25, -0.2) is 4.57 Å². The van der Waals surface area contributed by atoms with Gasteiger partial charge in [-0.2, -0.15) is 0 Å². The first kappa shape index (κ1) is 52.5. The summed E-state index contributed by atoms with van der Waals surface area (Å²) < 4.78 is 34.8. The third-order valence-corrected chi connectivity index (χ3v) is 10.1. The molecule has 2 unspecified atom stereocenters. The van der Waals surface area contributed by atoms with Gasteiger partial charge >= 0.3 is 13.8 Å². The zero-order valence-corrected chi connectivity index (χ0v) is 36.6. The number of hydrogen-bond acceptors (Lipinski definition) is 6. The fraction of sp³-hybridized carbons (Fsp3) is 0.800. The molecular weight excluding hydrogens is 697 g/mol. The van der Waals surface area contributed by atoms with Crippen LogP contribution in [0.25, 0.3) is 0 Å². The Kier molecular flexibility index (Phi) is 37.2. The molecule has 0 bridgehead atoms. The number of rotatable bonds is 40. The molecule has 9 heteroatoms. The molecule has 1 N–H and O–H groups in total. The van der Waals surface area contributed by atoms with E-state index in [0.717, 1.165) is 57.8 Å². The number of carbonyl (C=O) groups excluding carboxylic acids is 1. The Morgan fingerprint density at radius 2 is 1.07 bits per heavy atom. The third kappa shape index (κ3) is 41.6. The van der Waals surface area contributed by atoms with E-state index in [4.69, 9.17) is 18.5 Å². The van der Waals surface area contributed by atoms with Gasteiger partial charge in [0.25, 0.3) is 0 Å². The quantitative estimate of drug-likeness (QED) is 0.0218. The standard InChI is InChI=1S/C45H84NO7P/c1-6-8-10-12-14-15-16-17-18-19-20-21-22-23-24-25-26-27-28-29-30-31-32-34-36-38-45(47)53-44(42-50-40-37-35-33-13-11-9-7-2)43-52-54(48,49)51-41-39-46(3,4)5/h8,10,14-15,17-18,20-21,44H,6-7,9,11-13,16,19,22-43H2,1-5H3/p+1/b10-8-,15-14-,18-17-,21-20-. The van der Waals surface area contributed by atoms with Gasteiger partial charge in [-0.1, -0.05) is 165 Å². The van der Waals surface area contributed by atoms with Gasteiger partial charge in [0.2, 0.25) is 0 Å². The van der Waals surface area contributed by atoms with Crippen molar-refractivity contribution in [3.63, 3.8) is 0 Å². The molecule has 2 atom stereocenters. The molecule has 0 radical (unpaired) electrons. The number of carbonyl (C=O) groups is 1. The second-order valence-electron chi connectivity index (χ2n) is 15.7. The Morgan fingerprint density at radius 3 is 1.61 bits per heavy atom. The number of esters is 1. The Balaban J connectivity index is 4.02. The molecule has 8 nitrogen and oxygen atoms in total. The Hall–Kier alpha value is -1.54. The first-order chi connectivity index (χ1) is 26.1. The van der Waals surface area contributed by atoms with Gasteiger partial charge in [0.1, 0.15) is 19.3 Å². The molecule has 0 aliphatic carbocycles. The maximum Gasteiger partial charge on any atom is 0.472 e. The van der Waals surface area contributed by atoms with Crippen LogP contribution in [0.3, 0.4) is 0 Å². The van der Waals surface area contributed by atoms with Crippen LogP contribution in [0.1, 0.15) is 174 Å². The minimum Gasteiger partial charge on any atom is -0.457 e. The molecule has 0 aliphatic rings. The SMILES string of the molecule is CC/C=C\C/C=C\C/C=C\C/C=C\CCCCCCCCCCCCCCC(=O)OC(COCCCCCCCCC)COP(=O)(O)OCC[N+](C)(C)C. The van der Waals surface area contributed by atoms with Crippen LogP contribution in [-0.2, 0) is 27.9 Å². The minimum absolute atomic E-state index is 0.0880. The molecule has 0 aliphatic heterocycles. The van der Waals surface area contributed by atoms with Gasteiger partial charge in [0, 0.05) is 13.0 Å². The van der Waals surface area contributed by atoms with Crippen molar-refractivity contribution in [3.8, 4) is 0 Å². The highest BCUT2D eigenvalue weighted by molar-refractivity contribution is 7.47. The summed E-state index contributed by atoms with van der Waals surface area (Å²) in [5.74, 6) is -0.319. The van der Waals surface area contributed by atoms with Crippen LogP contribution >= 0.6 is 7.82 Å². The lowest BCUT2D eigenvalue weighted by molar-refractivity contribution is -0.870. The van der Waals surface area contributed by atoms with Crippen LogP contribution in [-0.4, -0.2) is 75.6 Å². The topological polar surface area (TPSA) is 91.3 Å². The van der Waals surface area contributed by atoms with Gasteiger partial charge in [-0.05, 0) is 51.4 Å². The summed E-state index contributed by atoms with van der Waals surface area (Å²) in [6, 6.07) is 0. The van der Waals surface area contributed by atoms with Crippen molar-refractivity contribution in [2.45, 2.75) is 180 Å². The molecule has 0 spiro atoms. The second-order valence-corrected chi connectivity index (χ2v) is 17.2. The van der Waals surface area contributed by atoms with Crippen LogP contribution < -0.4 is 0 Å². The summed E-state index contributed by atoms with van der Waals surface area (Å²) in [6.45, 7) is 5.48. The van der Waals surface area contributed by atoms with Crippen molar-refractivity contribution < 1.29 is 37.3 Å². The number of hydrogen-bond donors (Lipinski definition) is 1. The molecule has 0 rings (SSSR count). The normalized spacial score (nSPS) is 14.3. The summed E-state index contributed by atoms with van der Waals surface area (Å²) in [6.07, 6.45) is 45.9. The fourth-order valence-electron chi connectivity index (χ4n) is 5.78. The molecule has 0 aromatic rings. The molecule has 0 fully saturated rings. The minimum atomic E-state index is -4.26. The number of likely N-dealkylation sites (N-methyl/N-ethyl adjacent to an activating group) is 1. The first-order valence-electron chi connectivity index (χ1n) is 21.9. The van der Waals surface area contributed by atoms with Crippen molar-refractivity contribution in [3.05, 3.63) is 48.6 Å². The Labute approximate surface area is 333 Å². The highest BCUT2D eigenvalue weighted by Gasteiger charge is 2.26. The molecule has 0 aromatic carbocycles. The van der Waals surface area contributed by atoms with Crippen molar-refractivity contribution in [2.24, 2.45) is 0 Å². The zero-order valence-electron chi connectivity index (χ0n) is 35.7. The predicted molar refractivity (Wildman–Crippen MR) is 229 cm³/mol. The van der Waals surface area contributed by atoms with E-state index in [1.165, 1.54) is 96.3 Å². The van der Waals surface area contributed by atoms with Crippen molar-refractivity contribution in [2.75, 3.05) is 54.1 Å². The number of phosphoric acid groups is 1. The zero-order chi connectivity index (χ0) is 39.9. The van der Waals surface area contributed by atoms with Crippen molar-refractivity contribution in [1.29, 1.82) is 0 Å². The highest BCUT2D eigenvalue weighted by Crippen LogP contribution is 2.43. The number of unbranched alkanes of at least 4 members (excludes halogenated alkanes) is 18. The van der Waals surface area contributed by atoms with Crippen LogP contribution in [0, 0.1) is 0 Å². The molecule has 0 amide bonds. The average Bonchev–Trinajstić information content (AvgIpc) is 3.12. The van der Waals surface area contributed by atoms with Gasteiger partial charge in [0.05, 0.1) is 34.4 Å². The number of quaternary nitrogens is 1. The first-order valence-corrected chi connectivity index (χ1v) is 23.4. The number of ether oxygens (including phenoxy) is 2. The van der Waals surface area contributed by atoms with E-state index in [1.54, 1.807) is 0 Å². The summed E-state index contributed by atoms with van der Waals surface area (Å²) in [5.41, 5.74) is 0. The van der Waals surface area contributed by atoms with Crippen LogP contribution in [0.5, 0.6) is 0 Å². The third-order valence-electron chi connectivity index (χ3n) is 9.15. The van der Waals surface area contributed by atoms with Crippen LogP contribution in [0.4, 0.5) is 0 Å². The van der Waals surface area contributed by atoms with Crippen molar-refractivity contribution >= 4 is 13.8 Å². The van der Waals surface area contributed by atoms with E-state index in [2.05, 4.69) is 62.5 Å². The summed E-state index contributed by atoms with van der Waals surface area (Å²) >= 11 is 0. The lowest BCUT2D eigenvalue weighted by atomic mass is 10.0. The summed E-state index contributed by atoms with van der Waals surface area (Å²) in [5, 5.41) is 0. The molecule has 0 aromatic heterocycles. The number of phosphoric ester groups is 1. The van der Waals surface area contributed by atoms with Gasteiger partial charge in [0.15, 0.2) is 0 Å². The average molecular weight is 783 g/mol. The smallest absolute Gasteiger partial charge is 0.457 e. The molecule has 0 heterocycles. The maximum absolute atomic E-state index is 12.6. The van der Waals surface area contributed by atoms with E-state index >= 15 is 0 Å². The molecule has 0 saturated carbocycles. The van der Waals surface area contributed by atoms with Crippen LogP contribution in [0.2, 0.25) is 0 Å². The van der Waals surface area contributed by atoms with E-state index in [1.807, 2.05) is 21.1 Å². The number of nitrogens with zero attached hydrogens (tertiary/aromatic N) is 1. The van der Waals surface area contributed by atoms with E-state index in [9.17, 15) is 14.3 Å². The molecule has 316 valence electrons. The summed E-state index contributed by atoms with van der Waals surface area (Å²) in [7, 11) is 1.66. The van der Waals surface area contributed by atoms with E-state index < -0.39 is 13.9 Å². The van der Waals surface area contributed by atoms with Crippen LogP contribution in [0.15, 0.2) is 48.6 Å². The van der Waals surface area contributed by atoms with Gasteiger partial charge in [-0.15, -0.1) is 0 Å². The largest absolute Gasteiger partial charge is 0.472 e. The Bertz CT molecular complexity index is 1000. The van der Waals surface area contributed by atoms with E-state index in [0.29, 0.717) is 24.1 Å². The lowest BCUT2D eigenvalue weighted by Crippen LogP contribution is -2.37. The fourth-order valence-corrected chi connectivity index (χ4v) is 6.52. The Morgan fingerprint density at radius 1 is 0.593 bits per heavy atom. The number of allylic oxidation sites excluding steroid dienone is 8. The monoisotopic (exact) mass is 783 g/mol. The second kappa shape index (κ2) is 38.3. The van der Waals surface area contributed by atoms with Gasteiger partial charge in [-0.3, -0.25) is 13.8 Å². The maximum atomic E-state index is 12.6. The lowest BCUT2D eigenvalue weighted by Gasteiger charge is -2.24. The molecule has 0 saturated heterocycles. The summed E-state index contributed by atoms with van der Waals surface area (Å²) in [4.78, 5) is 22.8.